The Morgan fingerprint density at radius 2 is 1.50 bits per heavy atom. The van der Waals surface area contributed by atoms with Crippen molar-refractivity contribution >= 4 is 26.5 Å². The van der Waals surface area contributed by atoms with Crippen LogP contribution in [0.5, 0.6) is 0 Å². The van der Waals surface area contributed by atoms with Crippen LogP contribution in [0.4, 0.5) is 5.69 Å². The lowest BCUT2D eigenvalue weighted by atomic mass is 9.98. The highest BCUT2D eigenvalue weighted by atomic mass is 32.2. The van der Waals surface area contributed by atoms with Crippen LogP contribution in [0.1, 0.15) is 37.7 Å². The van der Waals surface area contributed by atoms with Crippen LogP contribution in [-0.4, -0.2) is 21.5 Å². The molecule has 2 atom stereocenters. The maximum atomic E-state index is 12.6. The van der Waals surface area contributed by atoms with Crippen LogP contribution < -0.4 is 15.8 Å². The van der Waals surface area contributed by atoms with E-state index in [1.165, 1.54) is 22.8 Å². The third-order valence-electron chi connectivity index (χ3n) is 6.55. The number of para-hydroxylation sites is 1. The first kappa shape index (κ1) is 22.8. The molecule has 170 valence electrons. The summed E-state index contributed by atoms with van der Waals surface area (Å²) in [6.07, 6.45) is 5.58. The topological polar surface area (TPSA) is 84.2 Å². The number of rotatable bonds is 8. The van der Waals surface area contributed by atoms with Gasteiger partial charge in [-0.25, -0.2) is 13.1 Å². The molecule has 0 heterocycles. The van der Waals surface area contributed by atoms with Gasteiger partial charge in [-0.05, 0) is 78.6 Å². The normalized spacial score (nSPS) is 19.6. The lowest BCUT2D eigenvalue weighted by Gasteiger charge is -2.17. The van der Waals surface area contributed by atoms with Crippen LogP contribution in [0.3, 0.4) is 0 Å². The zero-order chi connectivity index (χ0) is 22.4. The lowest BCUT2D eigenvalue weighted by molar-refractivity contribution is 0.407. The van der Waals surface area contributed by atoms with Gasteiger partial charge in [0.05, 0.1) is 5.69 Å². The number of nitrogens with one attached hydrogen (secondary N) is 2. The minimum atomic E-state index is -3.56. The van der Waals surface area contributed by atoms with Crippen molar-refractivity contribution < 1.29 is 8.42 Å². The Hall–Kier alpha value is -2.41. The van der Waals surface area contributed by atoms with E-state index in [4.69, 9.17) is 5.73 Å². The summed E-state index contributed by atoms with van der Waals surface area (Å²) in [6, 6.07) is 21.7. The summed E-state index contributed by atoms with van der Waals surface area (Å²) in [6.45, 7) is 2.36. The Bertz CT molecular complexity index is 1150. The minimum absolute atomic E-state index is 0.171. The molecule has 0 saturated heterocycles. The summed E-state index contributed by atoms with van der Waals surface area (Å²) in [5, 5.41) is 6.19. The molecule has 0 bridgehead atoms. The van der Waals surface area contributed by atoms with Gasteiger partial charge in [-0.3, -0.25) is 0 Å². The average molecular weight is 452 g/mol. The number of nitrogens with two attached hydrogens (primary N) is 1. The first-order chi connectivity index (χ1) is 15.5. The fraction of sp³-hybridized carbons (Fsp3) is 0.385. The zero-order valence-corrected chi connectivity index (χ0v) is 19.3. The van der Waals surface area contributed by atoms with Crippen molar-refractivity contribution in [2.24, 2.45) is 11.8 Å². The molecule has 0 amide bonds. The van der Waals surface area contributed by atoms with Crippen LogP contribution >= 0.6 is 0 Å². The first-order valence-corrected chi connectivity index (χ1v) is 13.0. The van der Waals surface area contributed by atoms with Gasteiger partial charge in [0.2, 0.25) is 10.0 Å². The monoisotopic (exact) mass is 451 g/mol. The van der Waals surface area contributed by atoms with E-state index in [0.717, 1.165) is 38.8 Å². The van der Waals surface area contributed by atoms with Gasteiger partial charge in [-0.1, -0.05) is 55.0 Å². The second-order valence-electron chi connectivity index (χ2n) is 8.94. The predicted molar refractivity (Wildman–Crippen MR) is 132 cm³/mol. The van der Waals surface area contributed by atoms with E-state index >= 15 is 0 Å². The van der Waals surface area contributed by atoms with Crippen molar-refractivity contribution in [2.75, 3.05) is 18.8 Å². The van der Waals surface area contributed by atoms with E-state index in [1.54, 1.807) is 24.3 Å². The Labute approximate surface area is 191 Å². The highest BCUT2D eigenvalue weighted by Gasteiger charge is 2.22. The van der Waals surface area contributed by atoms with Crippen molar-refractivity contribution in [1.82, 2.24) is 10.0 Å². The van der Waals surface area contributed by atoms with Gasteiger partial charge in [-0.2, -0.15) is 0 Å². The molecule has 0 aromatic heterocycles. The van der Waals surface area contributed by atoms with Crippen molar-refractivity contribution in [1.29, 1.82) is 0 Å². The molecular weight excluding hydrogens is 418 g/mol. The van der Waals surface area contributed by atoms with Crippen LogP contribution in [0, 0.1) is 11.8 Å². The molecule has 1 saturated carbocycles. The quantitative estimate of drug-likeness (QED) is 0.343. The number of nitrogen functional groups attached to an aromatic ring is 1. The average Bonchev–Trinajstić information content (AvgIpc) is 3.03. The molecular formula is C26H33N3O2S. The SMILES string of the molecule is Nc1ccccc1S(=O)(=O)NC[C@H]1CCC[C@H](CNCc2ccc3ccccc3c2)CC1. The standard InChI is InChI=1S/C26H33N3O2S/c27-25-10-3-4-11-26(25)32(30,31)29-19-21-7-5-6-20(12-13-21)17-28-18-22-14-15-23-8-1-2-9-24(23)16-22/h1-4,8-11,14-16,20-21,28-29H,5-7,12-13,17-19,27H2/t20-,21-/m0/s1. The maximum Gasteiger partial charge on any atom is 0.242 e. The van der Waals surface area contributed by atoms with E-state index in [0.29, 0.717) is 24.1 Å². The molecule has 3 aromatic carbocycles. The Kier molecular flexibility index (Phi) is 7.45. The van der Waals surface area contributed by atoms with Gasteiger partial charge in [0, 0.05) is 13.1 Å². The van der Waals surface area contributed by atoms with Gasteiger partial charge < -0.3 is 11.1 Å². The third-order valence-corrected chi connectivity index (χ3v) is 8.05. The van der Waals surface area contributed by atoms with Crippen molar-refractivity contribution in [3.8, 4) is 0 Å². The van der Waals surface area contributed by atoms with E-state index < -0.39 is 10.0 Å². The number of benzene rings is 3. The van der Waals surface area contributed by atoms with Gasteiger partial charge in [0.15, 0.2) is 0 Å². The van der Waals surface area contributed by atoms with E-state index in [2.05, 4.69) is 52.5 Å². The smallest absolute Gasteiger partial charge is 0.242 e. The van der Waals surface area contributed by atoms with Crippen LogP contribution in [0.2, 0.25) is 0 Å². The van der Waals surface area contributed by atoms with E-state index in [-0.39, 0.29) is 4.90 Å². The summed E-state index contributed by atoms with van der Waals surface area (Å²) >= 11 is 0. The fourth-order valence-corrected chi connectivity index (χ4v) is 5.91. The summed E-state index contributed by atoms with van der Waals surface area (Å²) in [5.41, 5.74) is 7.45. The highest BCUT2D eigenvalue weighted by molar-refractivity contribution is 7.89. The third kappa shape index (κ3) is 5.88. The Balaban J connectivity index is 1.23. The molecule has 4 rings (SSSR count). The Morgan fingerprint density at radius 1 is 0.812 bits per heavy atom. The number of fused-ring (bicyclic) bond motifs is 1. The van der Waals surface area contributed by atoms with E-state index in [9.17, 15) is 8.42 Å². The summed E-state index contributed by atoms with van der Waals surface area (Å²) in [5.74, 6) is 1.02. The summed E-state index contributed by atoms with van der Waals surface area (Å²) < 4.78 is 28.0. The lowest BCUT2D eigenvalue weighted by Crippen LogP contribution is -2.30. The van der Waals surface area contributed by atoms with Crippen molar-refractivity contribution in [3.63, 3.8) is 0 Å². The van der Waals surface area contributed by atoms with Gasteiger partial charge in [-0.15, -0.1) is 0 Å². The van der Waals surface area contributed by atoms with Gasteiger partial charge in [0.25, 0.3) is 0 Å². The molecule has 4 N–H and O–H groups in total. The predicted octanol–water partition coefficient (Wildman–Crippen LogP) is 4.69. The molecule has 0 aliphatic heterocycles. The largest absolute Gasteiger partial charge is 0.398 e. The molecule has 5 nitrogen and oxygen atoms in total. The molecule has 6 heteroatoms. The second-order valence-corrected chi connectivity index (χ2v) is 10.7. The molecule has 3 aromatic rings. The maximum absolute atomic E-state index is 12.6. The molecule has 0 unspecified atom stereocenters. The summed E-state index contributed by atoms with van der Waals surface area (Å²) in [4.78, 5) is 0.171. The van der Waals surface area contributed by atoms with Crippen LogP contribution in [-0.2, 0) is 16.6 Å². The first-order valence-electron chi connectivity index (χ1n) is 11.5. The number of hydrogen-bond donors (Lipinski definition) is 3. The molecule has 32 heavy (non-hydrogen) atoms. The van der Waals surface area contributed by atoms with Gasteiger partial charge in [0.1, 0.15) is 4.90 Å². The van der Waals surface area contributed by atoms with E-state index in [1.807, 2.05) is 0 Å². The highest BCUT2D eigenvalue weighted by Crippen LogP contribution is 2.27. The zero-order valence-electron chi connectivity index (χ0n) is 18.5. The summed E-state index contributed by atoms with van der Waals surface area (Å²) in [7, 11) is -3.56. The van der Waals surface area contributed by atoms with Crippen molar-refractivity contribution in [2.45, 2.75) is 43.5 Å². The molecule has 1 aliphatic carbocycles. The van der Waals surface area contributed by atoms with Crippen LogP contribution in [0.15, 0.2) is 71.6 Å². The van der Waals surface area contributed by atoms with Crippen LogP contribution in [0.25, 0.3) is 10.8 Å². The molecule has 0 radical (unpaired) electrons. The number of sulfonamides is 1. The molecule has 1 fully saturated rings. The minimum Gasteiger partial charge on any atom is -0.398 e. The number of hydrogen-bond acceptors (Lipinski definition) is 4. The van der Waals surface area contributed by atoms with Gasteiger partial charge >= 0.3 is 0 Å². The Morgan fingerprint density at radius 3 is 2.28 bits per heavy atom. The molecule has 0 spiro atoms. The fourth-order valence-electron chi connectivity index (χ4n) is 4.66. The number of anilines is 1. The second kappa shape index (κ2) is 10.5. The van der Waals surface area contributed by atoms with Crippen molar-refractivity contribution in [3.05, 3.63) is 72.3 Å². The molecule has 1 aliphatic rings.